The third kappa shape index (κ3) is 4.59. The van der Waals surface area contributed by atoms with Crippen molar-refractivity contribution < 1.29 is 4.79 Å². The maximum atomic E-state index is 11.1. The fraction of sp³-hybridized carbons (Fsp3) is 0.556. The van der Waals surface area contributed by atoms with Crippen molar-refractivity contribution in [3.05, 3.63) is 16.1 Å². The van der Waals surface area contributed by atoms with Gasteiger partial charge in [0.2, 0.25) is 5.91 Å². The number of thiazole rings is 1. The first-order chi connectivity index (χ1) is 6.63. The lowest BCUT2D eigenvalue weighted by Crippen LogP contribution is -2.40. The van der Waals surface area contributed by atoms with E-state index in [2.05, 4.69) is 15.6 Å². The quantitative estimate of drug-likeness (QED) is 0.840. The van der Waals surface area contributed by atoms with Gasteiger partial charge in [-0.3, -0.25) is 4.79 Å². The smallest absolute Gasteiger partial charge is 0.236 e. The molecule has 86 valence electrons. The van der Waals surface area contributed by atoms with Crippen molar-refractivity contribution in [3.8, 4) is 0 Å². The molecule has 0 aliphatic carbocycles. The Balaban J connectivity index is 0.00000196. The summed E-state index contributed by atoms with van der Waals surface area (Å²) in [4.78, 5) is 15.4. The van der Waals surface area contributed by atoms with E-state index in [0.29, 0.717) is 6.54 Å². The Hall–Kier alpha value is -0.650. The number of aromatic nitrogens is 1. The Labute approximate surface area is 99.9 Å². The number of halogens is 1. The van der Waals surface area contributed by atoms with E-state index in [4.69, 9.17) is 0 Å². The number of nitrogens with zero attached hydrogens (tertiary/aromatic N) is 1. The van der Waals surface area contributed by atoms with E-state index >= 15 is 0 Å². The van der Waals surface area contributed by atoms with Gasteiger partial charge in [-0.05, 0) is 13.8 Å². The van der Waals surface area contributed by atoms with Gasteiger partial charge in [-0.15, -0.1) is 23.7 Å². The second-order valence-electron chi connectivity index (χ2n) is 3.07. The fourth-order valence-corrected chi connectivity index (χ4v) is 1.67. The van der Waals surface area contributed by atoms with Crippen molar-refractivity contribution in [2.75, 3.05) is 7.05 Å². The third-order valence-corrected chi connectivity index (χ3v) is 2.72. The topological polar surface area (TPSA) is 54.0 Å². The molecule has 0 fully saturated rings. The van der Waals surface area contributed by atoms with Crippen LogP contribution in [-0.4, -0.2) is 24.0 Å². The number of nitrogens with one attached hydrogen (secondary N) is 2. The first-order valence-corrected chi connectivity index (χ1v) is 5.37. The van der Waals surface area contributed by atoms with Gasteiger partial charge in [-0.1, -0.05) is 0 Å². The Bertz CT molecular complexity index is 316. The molecule has 2 N–H and O–H groups in total. The van der Waals surface area contributed by atoms with E-state index in [1.807, 2.05) is 19.2 Å². The number of amides is 1. The van der Waals surface area contributed by atoms with Crippen LogP contribution in [-0.2, 0) is 11.3 Å². The molecule has 0 saturated heterocycles. The summed E-state index contributed by atoms with van der Waals surface area (Å²) in [5, 5.41) is 8.73. The molecule has 1 atom stereocenters. The molecule has 0 aliphatic heterocycles. The molecule has 6 heteroatoms. The first-order valence-electron chi connectivity index (χ1n) is 4.49. The highest BCUT2D eigenvalue weighted by Gasteiger charge is 2.09. The highest BCUT2D eigenvalue weighted by Crippen LogP contribution is 2.07. The molecule has 0 aromatic carbocycles. The summed E-state index contributed by atoms with van der Waals surface area (Å²) in [7, 11) is 1.63. The van der Waals surface area contributed by atoms with Gasteiger partial charge in [0.25, 0.3) is 0 Å². The highest BCUT2D eigenvalue weighted by atomic mass is 35.5. The zero-order valence-electron chi connectivity index (χ0n) is 9.03. The second-order valence-corrected chi connectivity index (χ2v) is 4.14. The predicted octanol–water partition coefficient (Wildman–Crippen LogP) is 1.10. The Morgan fingerprint density at radius 3 is 2.80 bits per heavy atom. The minimum Gasteiger partial charge on any atom is -0.358 e. The Morgan fingerprint density at radius 2 is 2.33 bits per heavy atom. The Morgan fingerprint density at radius 1 is 1.67 bits per heavy atom. The van der Waals surface area contributed by atoms with Crippen molar-refractivity contribution >= 4 is 29.7 Å². The van der Waals surface area contributed by atoms with Gasteiger partial charge >= 0.3 is 0 Å². The maximum absolute atomic E-state index is 11.1. The third-order valence-electron chi connectivity index (χ3n) is 1.90. The molecule has 0 aliphatic rings. The second kappa shape index (κ2) is 6.76. The number of carbonyl (C=O) groups excluding carboxylic acids is 1. The van der Waals surface area contributed by atoms with E-state index < -0.39 is 0 Å². The van der Waals surface area contributed by atoms with E-state index in [1.165, 1.54) is 0 Å². The van der Waals surface area contributed by atoms with Crippen LogP contribution in [0.3, 0.4) is 0 Å². The summed E-state index contributed by atoms with van der Waals surface area (Å²) >= 11 is 1.62. The monoisotopic (exact) mass is 249 g/mol. The van der Waals surface area contributed by atoms with Gasteiger partial charge < -0.3 is 10.6 Å². The Kier molecular flexibility index (Phi) is 6.47. The van der Waals surface area contributed by atoms with E-state index in [0.717, 1.165) is 10.7 Å². The van der Waals surface area contributed by atoms with Crippen molar-refractivity contribution in [2.24, 2.45) is 0 Å². The first kappa shape index (κ1) is 14.3. The minimum atomic E-state index is -0.179. The van der Waals surface area contributed by atoms with Crippen LogP contribution in [0.2, 0.25) is 0 Å². The number of hydrogen-bond acceptors (Lipinski definition) is 4. The van der Waals surface area contributed by atoms with Crippen LogP contribution in [0.15, 0.2) is 5.38 Å². The van der Waals surface area contributed by atoms with Crippen LogP contribution >= 0.6 is 23.7 Å². The minimum absolute atomic E-state index is 0. The summed E-state index contributed by atoms with van der Waals surface area (Å²) in [6.07, 6.45) is 0. The standard InChI is InChI=1S/C9H15N3OS.ClH/c1-6(9(13)10-3)11-4-8-5-14-7(2)12-8;/h5-6,11H,4H2,1-3H3,(H,10,13);1H/t6-;/m1./s1. The zero-order valence-corrected chi connectivity index (χ0v) is 10.7. The molecule has 4 nitrogen and oxygen atoms in total. The largest absolute Gasteiger partial charge is 0.358 e. The normalized spacial score (nSPS) is 11.7. The van der Waals surface area contributed by atoms with Crippen LogP contribution in [0.4, 0.5) is 0 Å². The summed E-state index contributed by atoms with van der Waals surface area (Å²) in [6.45, 7) is 4.44. The molecular weight excluding hydrogens is 234 g/mol. The van der Waals surface area contributed by atoms with E-state index in [1.54, 1.807) is 18.4 Å². The lowest BCUT2D eigenvalue weighted by molar-refractivity contribution is -0.122. The molecule has 0 saturated carbocycles. The number of likely N-dealkylation sites (N-methyl/N-ethyl adjacent to an activating group) is 1. The lowest BCUT2D eigenvalue weighted by Gasteiger charge is -2.10. The van der Waals surface area contributed by atoms with Gasteiger partial charge in [-0.25, -0.2) is 4.98 Å². The van der Waals surface area contributed by atoms with E-state index in [9.17, 15) is 4.79 Å². The molecule has 1 aromatic rings. The summed E-state index contributed by atoms with van der Waals surface area (Å²) in [5.74, 6) is -0.00282. The van der Waals surface area contributed by atoms with Crippen molar-refractivity contribution in [2.45, 2.75) is 26.4 Å². The summed E-state index contributed by atoms with van der Waals surface area (Å²) in [5.41, 5.74) is 0.989. The molecule has 1 rings (SSSR count). The number of rotatable bonds is 4. The average Bonchev–Trinajstić information content (AvgIpc) is 2.59. The van der Waals surface area contributed by atoms with Crippen LogP contribution in [0, 0.1) is 6.92 Å². The van der Waals surface area contributed by atoms with Crippen molar-refractivity contribution in [1.29, 1.82) is 0 Å². The van der Waals surface area contributed by atoms with Gasteiger partial charge in [0.05, 0.1) is 16.7 Å². The number of aryl methyl sites for hydroxylation is 1. The SMILES string of the molecule is CNC(=O)[C@@H](C)NCc1csc(C)n1.Cl. The van der Waals surface area contributed by atoms with Gasteiger partial charge in [0, 0.05) is 19.0 Å². The summed E-state index contributed by atoms with van der Waals surface area (Å²) in [6, 6.07) is -0.179. The molecular formula is C9H16ClN3OS. The predicted molar refractivity (Wildman–Crippen MR) is 64.5 cm³/mol. The zero-order chi connectivity index (χ0) is 10.6. The molecule has 1 aromatic heterocycles. The molecule has 0 unspecified atom stereocenters. The van der Waals surface area contributed by atoms with Gasteiger partial charge in [0.1, 0.15) is 0 Å². The van der Waals surface area contributed by atoms with Crippen LogP contribution in [0.5, 0.6) is 0 Å². The van der Waals surface area contributed by atoms with Crippen molar-refractivity contribution in [1.82, 2.24) is 15.6 Å². The van der Waals surface area contributed by atoms with Crippen molar-refractivity contribution in [3.63, 3.8) is 0 Å². The van der Waals surface area contributed by atoms with Gasteiger partial charge in [0.15, 0.2) is 0 Å². The molecule has 0 bridgehead atoms. The molecule has 0 radical (unpaired) electrons. The fourth-order valence-electron chi connectivity index (χ4n) is 1.06. The number of carbonyl (C=O) groups is 1. The molecule has 1 heterocycles. The average molecular weight is 250 g/mol. The van der Waals surface area contributed by atoms with E-state index in [-0.39, 0.29) is 24.4 Å². The molecule has 0 spiro atoms. The van der Waals surface area contributed by atoms with Crippen LogP contribution in [0.25, 0.3) is 0 Å². The summed E-state index contributed by atoms with van der Waals surface area (Å²) < 4.78 is 0. The van der Waals surface area contributed by atoms with Crippen LogP contribution < -0.4 is 10.6 Å². The lowest BCUT2D eigenvalue weighted by atomic mass is 10.3. The highest BCUT2D eigenvalue weighted by molar-refractivity contribution is 7.09. The molecule has 15 heavy (non-hydrogen) atoms. The van der Waals surface area contributed by atoms with Crippen LogP contribution in [0.1, 0.15) is 17.6 Å². The maximum Gasteiger partial charge on any atom is 0.236 e. The number of hydrogen-bond donors (Lipinski definition) is 2. The molecule has 1 amide bonds. The van der Waals surface area contributed by atoms with Gasteiger partial charge in [-0.2, -0.15) is 0 Å².